The first-order valence-corrected chi connectivity index (χ1v) is 11.5. The third kappa shape index (κ3) is 3.63. The van der Waals surface area contributed by atoms with Crippen LogP contribution in [0.3, 0.4) is 0 Å². The number of benzene rings is 1. The minimum absolute atomic E-state index is 0.0529. The summed E-state index contributed by atoms with van der Waals surface area (Å²) >= 11 is 3.38. The van der Waals surface area contributed by atoms with Gasteiger partial charge in [0.05, 0.1) is 16.1 Å². The average Bonchev–Trinajstić information content (AvgIpc) is 2.43. The molecule has 22 heavy (non-hydrogen) atoms. The van der Waals surface area contributed by atoms with E-state index in [-0.39, 0.29) is 10.9 Å². The van der Waals surface area contributed by atoms with Gasteiger partial charge in [-0.15, -0.1) is 0 Å². The van der Waals surface area contributed by atoms with E-state index in [4.69, 9.17) is 4.43 Å². The molecule has 0 aromatic heterocycles. The molecular formula is C17H26BrNO2Si. The molecule has 0 aliphatic carbocycles. The first-order chi connectivity index (χ1) is 10.1. The Morgan fingerprint density at radius 3 is 2.59 bits per heavy atom. The van der Waals surface area contributed by atoms with E-state index in [0.717, 1.165) is 24.2 Å². The summed E-state index contributed by atoms with van der Waals surface area (Å²) in [6.07, 6.45) is 0.943. The van der Waals surface area contributed by atoms with Crippen molar-refractivity contribution in [1.82, 2.24) is 3.93 Å². The van der Waals surface area contributed by atoms with E-state index in [1.165, 1.54) is 0 Å². The van der Waals surface area contributed by atoms with Gasteiger partial charge in [-0.05, 0) is 36.2 Å². The number of carbonyl (C=O) groups is 1. The lowest BCUT2D eigenvalue weighted by Gasteiger charge is -2.37. The minimum atomic E-state index is -1.70. The molecule has 0 fully saturated rings. The van der Waals surface area contributed by atoms with Crippen LogP contribution in [0.1, 0.15) is 49.0 Å². The molecule has 0 N–H and O–H groups in total. The molecule has 1 aromatic rings. The number of rotatable bonds is 4. The molecule has 1 aliphatic heterocycles. The fourth-order valence-corrected chi connectivity index (χ4v) is 4.07. The van der Waals surface area contributed by atoms with Crippen LogP contribution in [0, 0.1) is 0 Å². The minimum Gasteiger partial charge on any atom is -0.417 e. The molecule has 1 heterocycles. The zero-order chi connectivity index (χ0) is 16.5. The molecule has 2 rings (SSSR count). The van der Waals surface area contributed by atoms with Gasteiger partial charge in [0.25, 0.3) is 5.91 Å². The number of fused-ring (bicyclic) bond motifs is 1. The van der Waals surface area contributed by atoms with E-state index in [2.05, 4.69) is 56.1 Å². The summed E-state index contributed by atoms with van der Waals surface area (Å²) in [5.41, 5.74) is 1.96. The lowest BCUT2D eigenvalue weighted by Crippen LogP contribution is -2.41. The van der Waals surface area contributed by atoms with Crippen LogP contribution in [-0.2, 0) is 4.43 Å². The highest BCUT2D eigenvalue weighted by Crippen LogP contribution is 2.37. The Labute approximate surface area is 143 Å². The van der Waals surface area contributed by atoms with Crippen LogP contribution >= 0.6 is 16.1 Å². The Bertz CT molecular complexity index is 554. The summed E-state index contributed by atoms with van der Waals surface area (Å²) in [5.74, 6) is 0.384. The summed E-state index contributed by atoms with van der Waals surface area (Å²) in [6, 6.07) is 7.92. The molecule has 1 aromatic carbocycles. The van der Waals surface area contributed by atoms with Gasteiger partial charge in [-0.25, -0.2) is 0 Å². The number of amides is 1. The topological polar surface area (TPSA) is 29.5 Å². The van der Waals surface area contributed by atoms with Gasteiger partial charge in [0.2, 0.25) is 0 Å². The van der Waals surface area contributed by atoms with Gasteiger partial charge in [0, 0.05) is 24.6 Å². The number of hydrogen-bond donors (Lipinski definition) is 0. The first kappa shape index (κ1) is 17.7. The lowest BCUT2D eigenvalue weighted by molar-refractivity contribution is 0.0853. The third-order valence-electron chi connectivity index (χ3n) is 4.97. The van der Waals surface area contributed by atoms with Crippen molar-refractivity contribution >= 4 is 30.4 Å². The lowest BCUT2D eigenvalue weighted by atomic mass is 9.88. The fourth-order valence-electron chi connectivity index (χ4n) is 2.47. The molecule has 5 heteroatoms. The molecule has 0 spiro atoms. The highest BCUT2D eigenvalue weighted by molar-refractivity contribution is 9.07. The Morgan fingerprint density at radius 2 is 1.95 bits per heavy atom. The molecule has 0 saturated carbocycles. The van der Waals surface area contributed by atoms with Gasteiger partial charge < -0.3 is 4.43 Å². The Kier molecular flexibility index (Phi) is 5.19. The summed E-state index contributed by atoms with van der Waals surface area (Å²) in [6.45, 7) is 12.8. The summed E-state index contributed by atoms with van der Waals surface area (Å²) in [7, 11) is -1.70. The van der Waals surface area contributed by atoms with E-state index in [1.807, 2.05) is 18.2 Å². The van der Waals surface area contributed by atoms with Gasteiger partial charge >= 0.3 is 0 Å². The second kappa shape index (κ2) is 6.46. The van der Waals surface area contributed by atoms with E-state index in [0.29, 0.717) is 12.5 Å². The highest BCUT2D eigenvalue weighted by atomic mass is 79.9. The molecule has 1 amide bonds. The largest absolute Gasteiger partial charge is 0.417 e. The number of hydrogen-bond acceptors (Lipinski definition) is 2. The van der Waals surface area contributed by atoms with Crippen LogP contribution in [0.2, 0.25) is 18.1 Å². The second-order valence-electron chi connectivity index (χ2n) is 7.53. The molecule has 1 unspecified atom stereocenters. The monoisotopic (exact) mass is 383 g/mol. The van der Waals surface area contributed by atoms with E-state index in [1.54, 1.807) is 3.93 Å². The van der Waals surface area contributed by atoms with Crippen LogP contribution in [0.25, 0.3) is 0 Å². The zero-order valence-electron chi connectivity index (χ0n) is 14.1. The van der Waals surface area contributed by atoms with E-state index < -0.39 is 8.32 Å². The zero-order valence-corrected chi connectivity index (χ0v) is 16.7. The van der Waals surface area contributed by atoms with Crippen molar-refractivity contribution in [1.29, 1.82) is 0 Å². The highest BCUT2D eigenvalue weighted by Gasteiger charge is 2.37. The first-order valence-electron chi connectivity index (χ1n) is 7.84. The normalized spacial score (nSPS) is 19.3. The van der Waals surface area contributed by atoms with Crippen molar-refractivity contribution in [3.05, 3.63) is 35.4 Å². The Balaban J connectivity index is 2.05. The Hall–Kier alpha value is -0.653. The van der Waals surface area contributed by atoms with E-state index in [9.17, 15) is 4.79 Å². The van der Waals surface area contributed by atoms with Gasteiger partial charge in [0.1, 0.15) is 0 Å². The predicted molar refractivity (Wildman–Crippen MR) is 96.9 cm³/mol. The smallest absolute Gasteiger partial charge is 0.264 e. The molecule has 1 aliphatic rings. The molecule has 0 saturated heterocycles. The molecule has 0 bridgehead atoms. The van der Waals surface area contributed by atoms with Crippen molar-refractivity contribution < 1.29 is 9.22 Å². The van der Waals surface area contributed by atoms with Gasteiger partial charge in [-0.1, -0.05) is 39.0 Å². The van der Waals surface area contributed by atoms with Crippen molar-refractivity contribution in [2.75, 3.05) is 13.2 Å². The van der Waals surface area contributed by atoms with Crippen molar-refractivity contribution in [3.8, 4) is 0 Å². The number of nitrogens with zero attached hydrogens (tertiary/aromatic N) is 1. The summed E-state index contributed by atoms with van der Waals surface area (Å²) < 4.78 is 7.94. The SMILES string of the molecule is CC(C)(C)[Si](C)(C)OCCC1CN(Br)C(=O)c2ccccc21. The van der Waals surface area contributed by atoms with Crippen LogP contribution < -0.4 is 0 Å². The molecule has 3 nitrogen and oxygen atoms in total. The standard InChI is InChI=1S/C17H26BrNO2Si/c1-17(2,3)22(4,5)21-11-10-13-12-19(18)16(20)15-9-7-6-8-14(13)15/h6-9,13H,10-12H2,1-5H3. The van der Waals surface area contributed by atoms with Gasteiger partial charge in [0.15, 0.2) is 8.32 Å². The van der Waals surface area contributed by atoms with Crippen molar-refractivity contribution in [2.24, 2.45) is 0 Å². The van der Waals surface area contributed by atoms with Crippen LogP contribution in [0.4, 0.5) is 0 Å². The molecule has 0 radical (unpaired) electrons. The number of carbonyl (C=O) groups excluding carboxylic acids is 1. The quantitative estimate of drug-likeness (QED) is 0.543. The van der Waals surface area contributed by atoms with Gasteiger partial charge in [-0.3, -0.25) is 8.72 Å². The molecule has 1 atom stereocenters. The molecule has 122 valence electrons. The number of halogens is 1. The van der Waals surface area contributed by atoms with Gasteiger partial charge in [-0.2, -0.15) is 0 Å². The fraction of sp³-hybridized carbons (Fsp3) is 0.588. The van der Waals surface area contributed by atoms with Crippen molar-refractivity contribution in [2.45, 2.75) is 51.2 Å². The Morgan fingerprint density at radius 1 is 1.32 bits per heavy atom. The van der Waals surface area contributed by atoms with Crippen LogP contribution in [0.5, 0.6) is 0 Å². The maximum atomic E-state index is 12.2. The van der Waals surface area contributed by atoms with Crippen LogP contribution in [0.15, 0.2) is 24.3 Å². The average molecular weight is 384 g/mol. The second-order valence-corrected chi connectivity index (χ2v) is 13.2. The van der Waals surface area contributed by atoms with E-state index >= 15 is 0 Å². The third-order valence-corrected chi connectivity index (χ3v) is 10.1. The maximum Gasteiger partial charge on any atom is 0.264 e. The molecular weight excluding hydrogens is 358 g/mol. The summed E-state index contributed by atoms with van der Waals surface area (Å²) in [5, 5.41) is 0.231. The summed E-state index contributed by atoms with van der Waals surface area (Å²) in [4.78, 5) is 12.2. The van der Waals surface area contributed by atoms with Crippen LogP contribution in [-0.4, -0.2) is 31.3 Å². The maximum absolute atomic E-state index is 12.2. The van der Waals surface area contributed by atoms with Crippen molar-refractivity contribution in [3.63, 3.8) is 0 Å². The predicted octanol–water partition coefficient (Wildman–Crippen LogP) is 4.95.